The monoisotopic (exact) mass is 441 g/mol. The molecule has 0 saturated heterocycles. The number of nitrogens with one attached hydrogen (secondary N) is 1. The number of amides is 1. The maximum atomic E-state index is 13.7. The van der Waals surface area contributed by atoms with E-state index >= 15 is 0 Å². The lowest BCUT2D eigenvalue weighted by Crippen LogP contribution is -2.37. The van der Waals surface area contributed by atoms with E-state index in [-0.39, 0.29) is 23.8 Å². The lowest BCUT2D eigenvalue weighted by atomic mass is 10.2. The third-order valence-electron chi connectivity index (χ3n) is 3.57. The number of ether oxygens (including phenoxy) is 2. The van der Waals surface area contributed by atoms with Crippen molar-refractivity contribution in [3.8, 4) is 11.6 Å². The van der Waals surface area contributed by atoms with E-state index in [1.807, 2.05) is 0 Å². The summed E-state index contributed by atoms with van der Waals surface area (Å²) in [5.41, 5.74) is -0.208. The highest BCUT2D eigenvalue weighted by molar-refractivity contribution is 7.93. The van der Waals surface area contributed by atoms with E-state index in [1.54, 1.807) is 30.3 Å². The Morgan fingerprint density at radius 3 is 2.53 bits per heavy atom. The number of rotatable bonds is 9. The molecule has 2 aromatic rings. The third kappa shape index (κ3) is 7.16. The molecule has 0 spiro atoms. The topological polar surface area (TPSA) is 107 Å². The van der Waals surface area contributed by atoms with Crippen LogP contribution in [-0.4, -0.2) is 50.3 Å². The van der Waals surface area contributed by atoms with E-state index in [2.05, 4.69) is 15.3 Å². The van der Waals surface area contributed by atoms with Crippen LogP contribution in [0.1, 0.15) is 23.1 Å². The summed E-state index contributed by atoms with van der Waals surface area (Å²) in [6.07, 6.45) is 3.17. The summed E-state index contributed by atoms with van der Waals surface area (Å²) in [7, 11) is -2.06. The fourth-order valence-electron chi connectivity index (χ4n) is 2.22. The van der Waals surface area contributed by atoms with Crippen molar-refractivity contribution in [2.24, 2.45) is 0 Å². The molecule has 1 amide bonds. The molecule has 0 aliphatic carbocycles. The molecule has 11 heteroatoms. The van der Waals surface area contributed by atoms with E-state index in [0.29, 0.717) is 6.92 Å². The number of hydrogen-bond acceptors (Lipinski definition) is 7. The van der Waals surface area contributed by atoms with Crippen LogP contribution in [0.5, 0.6) is 11.6 Å². The van der Waals surface area contributed by atoms with Gasteiger partial charge in [-0.25, -0.2) is 13.4 Å². The minimum absolute atomic E-state index is 0.0292. The molecule has 0 radical (unpaired) electrons. The van der Waals surface area contributed by atoms with Crippen molar-refractivity contribution in [1.82, 2.24) is 15.3 Å². The van der Waals surface area contributed by atoms with Gasteiger partial charge in [0.1, 0.15) is 11.3 Å². The van der Waals surface area contributed by atoms with E-state index in [0.717, 1.165) is 17.9 Å². The fourth-order valence-corrected chi connectivity index (χ4v) is 2.70. The Morgan fingerprint density at radius 1 is 1.30 bits per heavy atom. The van der Waals surface area contributed by atoms with Gasteiger partial charge in [0.25, 0.3) is 5.91 Å². The molecular weight excluding hydrogens is 420 g/mol. The van der Waals surface area contributed by atoms with Gasteiger partial charge in [-0.2, -0.15) is 13.8 Å². The Balaban J connectivity index is 2.37. The van der Waals surface area contributed by atoms with E-state index < -0.39 is 33.5 Å². The van der Waals surface area contributed by atoms with Crippen LogP contribution in [0.2, 0.25) is 0 Å². The van der Waals surface area contributed by atoms with Crippen LogP contribution in [0.25, 0.3) is 0 Å². The number of carbonyl (C=O) groups is 1. The predicted octanol–water partition coefficient (Wildman–Crippen LogP) is 2.68. The Kier molecular flexibility index (Phi) is 7.57. The largest absolute Gasteiger partial charge is 0.438 e. The van der Waals surface area contributed by atoms with Gasteiger partial charge in [0.15, 0.2) is 9.84 Å². The van der Waals surface area contributed by atoms with Gasteiger partial charge in [0.2, 0.25) is 11.7 Å². The molecule has 0 saturated carbocycles. The van der Waals surface area contributed by atoms with Crippen LogP contribution in [0.15, 0.2) is 48.0 Å². The summed E-state index contributed by atoms with van der Waals surface area (Å²) in [5.74, 6) is -5.00. The number of nitrogens with zero attached hydrogens (tertiary/aromatic N) is 2. The van der Waals surface area contributed by atoms with Crippen molar-refractivity contribution in [3.63, 3.8) is 0 Å². The van der Waals surface area contributed by atoms with Crippen LogP contribution in [-0.2, 0) is 20.5 Å². The minimum Gasteiger partial charge on any atom is -0.438 e. The first-order valence-electron chi connectivity index (χ1n) is 8.66. The predicted molar refractivity (Wildman–Crippen MR) is 105 cm³/mol. The van der Waals surface area contributed by atoms with Gasteiger partial charge in [0, 0.05) is 31.9 Å². The number of sulfone groups is 1. The fraction of sp³-hybridized carbons (Fsp3) is 0.316. The SMILES string of the molecule is COCC(/C=C/S(C)(=O)=O)NC(=O)c1cnc(C(C)(F)F)nc1Oc1ccccc1. The molecule has 1 aromatic heterocycles. The number of alkyl halides is 2. The Morgan fingerprint density at radius 2 is 1.97 bits per heavy atom. The number of benzene rings is 1. The highest BCUT2D eigenvalue weighted by Gasteiger charge is 2.31. The second-order valence-corrected chi connectivity index (χ2v) is 8.34. The molecule has 30 heavy (non-hydrogen) atoms. The maximum Gasteiger partial charge on any atom is 0.303 e. The lowest BCUT2D eigenvalue weighted by Gasteiger charge is -2.17. The smallest absolute Gasteiger partial charge is 0.303 e. The average molecular weight is 441 g/mol. The molecule has 8 nitrogen and oxygen atoms in total. The van der Waals surface area contributed by atoms with Crippen LogP contribution in [0.3, 0.4) is 0 Å². The zero-order valence-corrected chi connectivity index (χ0v) is 17.3. The maximum absolute atomic E-state index is 13.7. The summed E-state index contributed by atoms with van der Waals surface area (Å²) in [6, 6.07) is 7.38. The number of halogens is 2. The van der Waals surface area contributed by atoms with Crippen LogP contribution >= 0.6 is 0 Å². The summed E-state index contributed by atoms with van der Waals surface area (Å²) >= 11 is 0. The van der Waals surface area contributed by atoms with Crippen LogP contribution in [0.4, 0.5) is 8.78 Å². The van der Waals surface area contributed by atoms with Crippen molar-refractivity contribution in [2.75, 3.05) is 20.0 Å². The molecule has 1 heterocycles. The number of hydrogen-bond donors (Lipinski definition) is 1. The Labute approximate surface area is 172 Å². The highest BCUT2D eigenvalue weighted by Crippen LogP contribution is 2.28. The zero-order valence-electron chi connectivity index (χ0n) is 16.5. The molecule has 1 N–H and O–H groups in total. The molecule has 1 atom stereocenters. The van der Waals surface area contributed by atoms with Gasteiger partial charge in [-0.1, -0.05) is 18.2 Å². The van der Waals surface area contributed by atoms with Crippen molar-refractivity contribution < 1.29 is 31.5 Å². The number of aromatic nitrogens is 2. The van der Waals surface area contributed by atoms with E-state index in [9.17, 15) is 22.0 Å². The number of carbonyl (C=O) groups excluding carboxylic acids is 1. The molecule has 1 unspecified atom stereocenters. The second-order valence-electron chi connectivity index (χ2n) is 6.41. The van der Waals surface area contributed by atoms with Gasteiger partial charge < -0.3 is 14.8 Å². The van der Waals surface area contributed by atoms with E-state index in [4.69, 9.17) is 9.47 Å². The molecule has 0 aliphatic rings. The Bertz CT molecular complexity index is 1010. The first-order valence-corrected chi connectivity index (χ1v) is 10.6. The van der Waals surface area contributed by atoms with Crippen LogP contribution < -0.4 is 10.1 Å². The molecule has 0 fully saturated rings. The van der Waals surface area contributed by atoms with Crippen molar-refractivity contribution in [3.05, 3.63) is 59.4 Å². The lowest BCUT2D eigenvalue weighted by molar-refractivity contribution is 0.00707. The summed E-state index contributed by atoms with van der Waals surface area (Å²) in [5, 5.41) is 3.45. The minimum atomic E-state index is -3.43. The normalized spacial score (nSPS) is 13.2. The molecule has 162 valence electrons. The molecule has 2 rings (SSSR count). The number of methoxy groups -OCH3 is 1. The number of para-hydroxylation sites is 1. The van der Waals surface area contributed by atoms with Gasteiger partial charge in [-0.05, 0) is 18.2 Å². The van der Waals surface area contributed by atoms with Crippen LogP contribution in [0, 0.1) is 0 Å². The summed E-state index contributed by atoms with van der Waals surface area (Å²) < 4.78 is 60.5. The van der Waals surface area contributed by atoms with Crippen molar-refractivity contribution in [1.29, 1.82) is 0 Å². The van der Waals surface area contributed by atoms with Gasteiger partial charge in [-0.3, -0.25) is 4.79 Å². The summed E-state index contributed by atoms with van der Waals surface area (Å²) in [4.78, 5) is 20.0. The van der Waals surface area contributed by atoms with E-state index in [1.165, 1.54) is 13.2 Å². The molecule has 0 aliphatic heterocycles. The average Bonchev–Trinajstić information content (AvgIpc) is 2.65. The quantitative estimate of drug-likeness (QED) is 0.637. The first kappa shape index (κ1) is 23.4. The van der Waals surface area contributed by atoms with Gasteiger partial charge in [-0.15, -0.1) is 0 Å². The molecule has 0 bridgehead atoms. The van der Waals surface area contributed by atoms with Crippen molar-refractivity contribution >= 4 is 15.7 Å². The highest BCUT2D eigenvalue weighted by atomic mass is 32.2. The van der Waals surface area contributed by atoms with Crippen molar-refractivity contribution in [2.45, 2.75) is 18.9 Å². The molecular formula is C19H21F2N3O5S. The third-order valence-corrected chi connectivity index (χ3v) is 4.22. The van der Waals surface area contributed by atoms with Gasteiger partial charge >= 0.3 is 5.92 Å². The first-order chi connectivity index (χ1) is 14.0. The molecule has 1 aromatic carbocycles. The zero-order chi connectivity index (χ0) is 22.4. The summed E-state index contributed by atoms with van der Waals surface area (Å²) in [6.45, 7) is 0.595. The van der Waals surface area contributed by atoms with Gasteiger partial charge in [0.05, 0.1) is 12.6 Å². The standard InChI is InChI=1S/C19H21F2N3O5S/c1-19(20,21)18-22-11-15(17(24-18)29-14-7-5-4-6-8-14)16(25)23-13(12-28-2)9-10-30(3,26)27/h4-11,13H,12H2,1-3H3,(H,23,25)/b10-9+. The Hall–Kier alpha value is -2.92. The second kappa shape index (κ2) is 9.72.